The molecule has 0 bridgehead atoms. The highest BCUT2D eigenvalue weighted by atomic mass is 32.2. The SMILES string of the molecule is Cc1cc(N)c(C)c(S(=O)(=O)NC2CCC2)c1. The number of aryl methyl sites for hydroxylation is 1. The second-order valence-electron chi connectivity index (χ2n) is 4.73. The average molecular weight is 254 g/mol. The van der Waals surface area contributed by atoms with Crippen molar-refractivity contribution in [3.8, 4) is 0 Å². The summed E-state index contributed by atoms with van der Waals surface area (Å²) in [7, 11) is -3.43. The van der Waals surface area contributed by atoms with Gasteiger partial charge in [-0.1, -0.05) is 6.42 Å². The summed E-state index contributed by atoms with van der Waals surface area (Å²) in [6.45, 7) is 3.59. The molecule has 0 saturated heterocycles. The molecule has 0 unspecified atom stereocenters. The molecule has 1 aliphatic rings. The van der Waals surface area contributed by atoms with E-state index < -0.39 is 10.0 Å². The molecule has 17 heavy (non-hydrogen) atoms. The molecule has 1 aromatic rings. The number of benzene rings is 1. The van der Waals surface area contributed by atoms with Crippen molar-refractivity contribution in [2.45, 2.75) is 44.0 Å². The van der Waals surface area contributed by atoms with Crippen molar-refractivity contribution in [1.82, 2.24) is 4.72 Å². The summed E-state index contributed by atoms with van der Waals surface area (Å²) in [5.74, 6) is 0. The molecule has 0 radical (unpaired) electrons. The topological polar surface area (TPSA) is 72.2 Å². The van der Waals surface area contributed by atoms with E-state index in [-0.39, 0.29) is 6.04 Å². The summed E-state index contributed by atoms with van der Waals surface area (Å²) in [6.07, 6.45) is 2.96. The maximum atomic E-state index is 12.2. The maximum Gasteiger partial charge on any atom is 0.241 e. The van der Waals surface area contributed by atoms with Gasteiger partial charge < -0.3 is 5.73 Å². The molecule has 1 fully saturated rings. The van der Waals surface area contributed by atoms with Gasteiger partial charge in [-0.3, -0.25) is 0 Å². The summed E-state index contributed by atoms with van der Waals surface area (Å²) in [4.78, 5) is 0.307. The number of anilines is 1. The van der Waals surface area contributed by atoms with Gasteiger partial charge in [-0.25, -0.2) is 13.1 Å². The van der Waals surface area contributed by atoms with Gasteiger partial charge in [-0.05, 0) is 49.9 Å². The molecule has 0 spiro atoms. The third-order valence-electron chi connectivity index (χ3n) is 3.26. The molecule has 1 aromatic carbocycles. The van der Waals surface area contributed by atoms with Crippen LogP contribution in [0.2, 0.25) is 0 Å². The lowest BCUT2D eigenvalue weighted by Gasteiger charge is -2.26. The minimum absolute atomic E-state index is 0.0983. The maximum absolute atomic E-state index is 12.2. The monoisotopic (exact) mass is 254 g/mol. The van der Waals surface area contributed by atoms with Gasteiger partial charge in [-0.2, -0.15) is 0 Å². The van der Waals surface area contributed by atoms with Crippen molar-refractivity contribution in [2.24, 2.45) is 0 Å². The van der Waals surface area contributed by atoms with Gasteiger partial charge in [-0.15, -0.1) is 0 Å². The van der Waals surface area contributed by atoms with Crippen molar-refractivity contribution >= 4 is 15.7 Å². The second-order valence-corrected chi connectivity index (χ2v) is 6.41. The standard InChI is InChI=1S/C12H18N2O2S/c1-8-6-11(13)9(2)12(7-8)17(15,16)14-10-4-3-5-10/h6-7,10,14H,3-5,13H2,1-2H3. The number of rotatable bonds is 3. The first kappa shape index (κ1) is 12.4. The minimum atomic E-state index is -3.43. The minimum Gasteiger partial charge on any atom is -0.398 e. The highest BCUT2D eigenvalue weighted by Gasteiger charge is 2.26. The van der Waals surface area contributed by atoms with Crippen LogP contribution in [0.15, 0.2) is 17.0 Å². The van der Waals surface area contributed by atoms with Gasteiger partial charge in [0.15, 0.2) is 0 Å². The van der Waals surface area contributed by atoms with Crippen molar-refractivity contribution in [1.29, 1.82) is 0 Å². The summed E-state index contributed by atoms with van der Waals surface area (Å²) in [5, 5.41) is 0. The van der Waals surface area contributed by atoms with Crippen LogP contribution in [-0.4, -0.2) is 14.5 Å². The first-order valence-corrected chi connectivity index (χ1v) is 7.27. The van der Waals surface area contributed by atoms with E-state index in [0.717, 1.165) is 24.8 Å². The third-order valence-corrected chi connectivity index (χ3v) is 4.91. The molecule has 1 saturated carbocycles. The highest BCUT2D eigenvalue weighted by Crippen LogP contribution is 2.25. The van der Waals surface area contributed by atoms with Crippen LogP contribution in [0, 0.1) is 13.8 Å². The van der Waals surface area contributed by atoms with Crippen LogP contribution in [0.4, 0.5) is 5.69 Å². The Labute approximate surface area is 102 Å². The molecule has 4 nitrogen and oxygen atoms in total. The lowest BCUT2D eigenvalue weighted by Crippen LogP contribution is -2.39. The fourth-order valence-corrected chi connectivity index (χ4v) is 3.60. The molecule has 0 aliphatic heterocycles. The Morgan fingerprint density at radius 3 is 2.47 bits per heavy atom. The van der Waals surface area contributed by atoms with Crippen LogP contribution in [0.3, 0.4) is 0 Å². The quantitative estimate of drug-likeness (QED) is 0.807. The largest absolute Gasteiger partial charge is 0.398 e. The molecular formula is C12H18N2O2S. The van der Waals surface area contributed by atoms with E-state index >= 15 is 0 Å². The highest BCUT2D eigenvalue weighted by molar-refractivity contribution is 7.89. The van der Waals surface area contributed by atoms with Gasteiger partial charge >= 0.3 is 0 Å². The van der Waals surface area contributed by atoms with Gasteiger partial charge in [0.1, 0.15) is 0 Å². The smallest absolute Gasteiger partial charge is 0.241 e. The molecule has 2 rings (SSSR count). The summed E-state index contributed by atoms with van der Waals surface area (Å²) in [6, 6.07) is 3.56. The normalized spacial score (nSPS) is 16.8. The summed E-state index contributed by atoms with van der Waals surface area (Å²) < 4.78 is 27.1. The molecular weight excluding hydrogens is 236 g/mol. The van der Waals surface area contributed by atoms with Crippen LogP contribution in [-0.2, 0) is 10.0 Å². The van der Waals surface area contributed by atoms with Gasteiger partial charge in [0.25, 0.3) is 0 Å². The Balaban J connectivity index is 2.38. The second kappa shape index (κ2) is 4.31. The molecule has 5 heteroatoms. The van der Waals surface area contributed by atoms with Crippen LogP contribution >= 0.6 is 0 Å². The van der Waals surface area contributed by atoms with Crippen LogP contribution in [0.25, 0.3) is 0 Å². The number of nitrogens with two attached hydrogens (primary N) is 1. The number of hydrogen-bond donors (Lipinski definition) is 2. The molecule has 0 aromatic heterocycles. The predicted octanol–water partition coefficient (Wildman–Crippen LogP) is 1.72. The number of nitrogen functional groups attached to an aromatic ring is 1. The number of sulfonamides is 1. The van der Waals surface area contributed by atoms with Gasteiger partial charge in [0.05, 0.1) is 4.90 Å². The van der Waals surface area contributed by atoms with E-state index in [0.29, 0.717) is 16.1 Å². The molecule has 94 valence electrons. The fraction of sp³-hybridized carbons (Fsp3) is 0.500. The zero-order valence-electron chi connectivity index (χ0n) is 10.2. The summed E-state index contributed by atoms with van der Waals surface area (Å²) in [5.41, 5.74) is 7.82. The Morgan fingerprint density at radius 2 is 1.94 bits per heavy atom. The van der Waals surface area contributed by atoms with Crippen molar-refractivity contribution in [3.63, 3.8) is 0 Å². The Hall–Kier alpha value is -1.07. The predicted molar refractivity (Wildman–Crippen MR) is 68.3 cm³/mol. The van der Waals surface area contributed by atoms with E-state index in [4.69, 9.17) is 5.73 Å². The third kappa shape index (κ3) is 2.45. The average Bonchev–Trinajstić information content (AvgIpc) is 2.17. The Kier molecular flexibility index (Phi) is 3.14. The molecule has 0 amide bonds. The fourth-order valence-electron chi connectivity index (χ4n) is 1.94. The van der Waals surface area contributed by atoms with Crippen molar-refractivity contribution in [2.75, 3.05) is 5.73 Å². The lowest BCUT2D eigenvalue weighted by molar-refractivity contribution is 0.383. The molecule has 0 heterocycles. The lowest BCUT2D eigenvalue weighted by atomic mass is 9.94. The molecule has 3 N–H and O–H groups in total. The zero-order chi connectivity index (χ0) is 12.6. The first-order chi connectivity index (χ1) is 7.90. The van der Waals surface area contributed by atoms with E-state index in [1.54, 1.807) is 19.1 Å². The van der Waals surface area contributed by atoms with Crippen molar-refractivity contribution in [3.05, 3.63) is 23.3 Å². The number of hydrogen-bond acceptors (Lipinski definition) is 3. The van der Waals surface area contributed by atoms with E-state index in [1.807, 2.05) is 6.92 Å². The van der Waals surface area contributed by atoms with E-state index in [1.165, 1.54) is 0 Å². The van der Waals surface area contributed by atoms with Crippen molar-refractivity contribution < 1.29 is 8.42 Å². The summed E-state index contributed by atoms with van der Waals surface area (Å²) >= 11 is 0. The first-order valence-electron chi connectivity index (χ1n) is 5.79. The Morgan fingerprint density at radius 1 is 1.29 bits per heavy atom. The van der Waals surface area contributed by atoms with E-state index in [9.17, 15) is 8.42 Å². The van der Waals surface area contributed by atoms with Gasteiger partial charge in [0, 0.05) is 11.7 Å². The van der Waals surface area contributed by atoms with Gasteiger partial charge in [0.2, 0.25) is 10.0 Å². The number of nitrogens with one attached hydrogen (secondary N) is 1. The zero-order valence-corrected chi connectivity index (χ0v) is 11.0. The molecule has 0 atom stereocenters. The molecule has 1 aliphatic carbocycles. The van der Waals surface area contributed by atoms with Crippen LogP contribution in [0.1, 0.15) is 30.4 Å². The Bertz CT molecular complexity index is 534. The van der Waals surface area contributed by atoms with E-state index in [2.05, 4.69) is 4.72 Å². The van der Waals surface area contributed by atoms with Crippen LogP contribution in [0.5, 0.6) is 0 Å². The van der Waals surface area contributed by atoms with Crippen LogP contribution < -0.4 is 10.5 Å².